The van der Waals surface area contributed by atoms with Gasteiger partial charge in [0, 0.05) is 5.56 Å². The van der Waals surface area contributed by atoms with Gasteiger partial charge in [-0.25, -0.2) is 0 Å². The van der Waals surface area contributed by atoms with Crippen LogP contribution in [0.2, 0.25) is 0 Å². The van der Waals surface area contributed by atoms with Crippen molar-refractivity contribution in [3.63, 3.8) is 0 Å². The molecule has 28 heavy (non-hydrogen) atoms. The molecule has 0 saturated carbocycles. The largest absolute Gasteiger partial charge is 0.497 e. The van der Waals surface area contributed by atoms with Crippen LogP contribution >= 0.6 is 0 Å². The number of benzene rings is 2. The van der Waals surface area contributed by atoms with E-state index in [4.69, 9.17) is 4.74 Å². The Morgan fingerprint density at radius 3 is 2.46 bits per heavy atom. The summed E-state index contributed by atoms with van der Waals surface area (Å²) in [4.78, 5) is 15.5. The van der Waals surface area contributed by atoms with Crippen molar-refractivity contribution in [3.8, 4) is 11.8 Å². The SMILES string of the molecule is COc1ccc(C[NH+]2CC[NH+]([C@@H](C)C(=O)Nc3ccccc3C#N)CC2)cc1. The van der Waals surface area contributed by atoms with Gasteiger partial charge in [0.2, 0.25) is 0 Å². The average Bonchev–Trinajstić information content (AvgIpc) is 2.74. The van der Waals surface area contributed by atoms with Gasteiger partial charge in [0.1, 0.15) is 44.5 Å². The third kappa shape index (κ3) is 4.89. The van der Waals surface area contributed by atoms with Gasteiger partial charge in [-0.1, -0.05) is 12.1 Å². The molecule has 2 aromatic carbocycles. The van der Waals surface area contributed by atoms with Gasteiger partial charge in [0.25, 0.3) is 5.91 Å². The summed E-state index contributed by atoms with van der Waals surface area (Å²) in [5.74, 6) is 0.849. The molecule has 3 rings (SSSR count). The molecule has 3 N–H and O–H groups in total. The van der Waals surface area contributed by atoms with Crippen molar-refractivity contribution in [2.24, 2.45) is 0 Å². The van der Waals surface area contributed by atoms with Crippen molar-refractivity contribution in [3.05, 3.63) is 59.7 Å². The molecule has 146 valence electrons. The summed E-state index contributed by atoms with van der Waals surface area (Å²) in [6.07, 6.45) is 0. The number of nitrogens with zero attached hydrogens (tertiary/aromatic N) is 1. The third-order valence-corrected chi connectivity index (χ3v) is 5.52. The van der Waals surface area contributed by atoms with Gasteiger partial charge in [-0.3, -0.25) is 4.79 Å². The number of hydrogen-bond donors (Lipinski definition) is 3. The second kappa shape index (κ2) is 9.36. The molecule has 1 aliphatic heterocycles. The molecule has 2 aromatic rings. The van der Waals surface area contributed by atoms with Crippen LogP contribution in [-0.4, -0.2) is 45.2 Å². The molecule has 0 spiro atoms. The molecule has 0 bridgehead atoms. The van der Waals surface area contributed by atoms with Gasteiger partial charge < -0.3 is 19.9 Å². The van der Waals surface area contributed by atoms with Crippen molar-refractivity contribution >= 4 is 11.6 Å². The summed E-state index contributed by atoms with van der Waals surface area (Å²) < 4.78 is 5.21. The van der Waals surface area contributed by atoms with E-state index in [1.165, 1.54) is 15.4 Å². The predicted molar refractivity (Wildman–Crippen MR) is 107 cm³/mol. The minimum Gasteiger partial charge on any atom is -0.497 e. The standard InChI is InChI=1S/C22H26N4O2/c1-17(22(27)24-21-6-4-3-5-19(21)15-23)26-13-11-25(12-14-26)16-18-7-9-20(28-2)10-8-18/h3-10,17H,11-14,16H2,1-2H3,(H,24,27)/p+2/t17-/m0/s1. The Hall–Kier alpha value is -2.88. The lowest BCUT2D eigenvalue weighted by atomic mass is 10.1. The highest BCUT2D eigenvalue weighted by Crippen LogP contribution is 2.13. The lowest BCUT2D eigenvalue weighted by Gasteiger charge is -2.32. The number of rotatable bonds is 6. The van der Waals surface area contributed by atoms with Crippen LogP contribution in [0, 0.1) is 11.3 Å². The maximum atomic E-state index is 12.7. The van der Waals surface area contributed by atoms with Gasteiger partial charge in [-0.05, 0) is 43.3 Å². The van der Waals surface area contributed by atoms with Crippen molar-refractivity contribution in [1.29, 1.82) is 5.26 Å². The van der Waals surface area contributed by atoms with Gasteiger partial charge in [0.05, 0.1) is 18.4 Å². The van der Waals surface area contributed by atoms with Gasteiger partial charge in [0.15, 0.2) is 6.04 Å². The highest BCUT2D eigenvalue weighted by molar-refractivity contribution is 5.94. The minimum atomic E-state index is -0.144. The smallest absolute Gasteiger partial charge is 0.282 e. The Bertz CT molecular complexity index is 836. The molecule has 6 nitrogen and oxygen atoms in total. The molecular formula is C22H28N4O2+2. The number of anilines is 1. The summed E-state index contributed by atoms with van der Waals surface area (Å²) in [7, 11) is 1.68. The average molecular weight is 380 g/mol. The fourth-order valence-corrected chi connectivity index (χ4v) is 3.68. The van der Waals surface area contributed by atoms with Gasteiger partial charge in [-0.15, -0.1) is 0 Å². The highest BCUT2D eigenvalue weighted by Gasteiger charge is 2.31. The third-order valence-electron chi connectivity index (χ3n) is 5.52. The van der Waals surface area contributed by atoms with E-state index in [0.717, 1.165) is 38.5 Å². The zero-order chi connectivity index (χ0) is 19.9. The lowest BCUT2D eigenvalue weighted by molar-refractivity contribution is -1.02. The van der Waals surface area contributed by atoms with E-state index in [0.29, 0.717) is 11.3 Å². The second-order valence-corrected chi connectivity index (χ2v) is 7.30. The first-order chi connectivity index (χ1) is 13.6. The number of methoxy groups -OCH3 is 1. The van der Waals surface area contributed by atoms with Crippen LogP contribution in [0.5, 0.6) is 5.75 Å². The minimum absolute atomic E-state index is 0.0312. The molecule has 0 radical (unpaired) electrons. The van der Waals surface area contributed by atoms with Crippen molar-refractivity contribution < 1.29 is 19.3 Å². The molecule has 0 aromatic heterocycles. The van der Waals surface area contributed by atoms with Crippen LogP contribution < -0.4 is 19.9 Å². The summed E-state index contributed by atoms with van der Waals surface area (Å²) in [6, 6.07) is 17.3. The molecule has 1 heterocycles. The molecule has 6 heteroatoms. The zero-order valence-electron chi connectivity index (χ0n) is 16.5. The molecule has 1 aliphatic rings. The summed E-state index contributed by atoms with van der Waals surface area (Å²) in [6.45, 7) is 6.95. The summed E-state index contributed by atoms with van der Waals surface area (Å²) in [5.41, 5.74) is 2.38. The van der Waals surface area contributed by atoms with Crippen molar-refractivity contribution in [2.45, 2.75) is 19.5 Å². The number of nitrogens with one attached hydrogen (secondary N) is 3. The predicted octanol–water partition coefficient (Wildman–Crippen LogP) is -0.123. The van der Waals surface area contributed by atoms with E-state index in [1.807, 2.05) is 25.1 Å². The highest BCUT2D eigenvalue weighted by atomic mass is 16.5. The van der Waals surface area contributed by atoms with E-state index < -0.39 is 0 Å². The number of amides is 1. The molecular weight excluding hydrogens is 352 g/mol. The maximum Gasteiger partial charge on any atom is 0.282 e. The fraction of sp³-hybridized carbons (Fsp3) is 0.364. The zero-order valence-corrected chi connectivity index (χ0v) is 16.5. The Morgan fingerprint density at radius 2 is 1.82 bits per heavy atom. The number of para-hydroxylation sites is 1. The first-order valence-corrected chi connectivity index (χ1v) is 9.71. The van der Waals surface area contributed by atoms with Crippen molar-refractivity contribution in [1.82, 2.24) is 0 Å². The fourth-order valence-electron chi connectivity index (χ4n) is 3.68. The normalized spacial score (nSPS) is 20.0. The summed E-state index contributed by atoms with van der Waals surface area (Å²) in [5, 5.41) is 12.1. The van der Waals surface area contributed by atoms with E-state index in [-0.39, 0.29) is 11.9 Å². The molecule has 1 fully saturated rings. The Labute approximate surface area is 166 Å². The topological polar surface area (TPSA) is 71.0 Å². The van der Waals surface area contributed by atoms with Gasteiger partial charge in [-0.2, -0.15) is 5.26 Å². The first kappa shape index (κ1) is 19.9. The number of hydrogen-bond acceptors (Lipinski definition) is 3. The number of piperazine rings is 1. The quantitative estimate of drug-likeness (QED) is 0.654. The maximum absolute atomic E-state index is 12.7. The van der Waals surface area contributed by atoms with Gasteiger partial charge >= 0.3 is 0 Å². The van der Waals surface area contributed by atoms with Crippen LogP contribution in [0.3, 0.4) is 0 Å². The monoisotopic (exact) mass is 380 g/mol. The Balaban J connectivity index is 1.50. The van der Waals surface area contributed by atoms with E-state index in [1.54, 1.807) is 25.3 Å². The van der Waals surface area contributed by atoms with Crippen LogP contribution in [-0.2, 0) is 11.3 Å². The molecule has 1 saturated heterocycles. The molecule has 1 amide bonds. The Morgan fingerprint density at radius 1 is 1.14 bits per heavy atom. The number of carbonyl (C=O) groups excluding carboxylic acids is 1. The number of ether oxygens (including phenoxy) is 1. The molecule has 1 atom stereocenters. The van der Waals surface area contributed by atoms with Crippen LogP contribution in [0.1, 0.15) is 18.1 Å². The number of quaternary nitrogens is 2. The molecule has 0 unspecified atom stereocenters. The van der Waals surface area contributed by atoms with Crippen LogP contribution in [0.4, 0.5) is 5.69 Å². The summed E-state index contributed by atoms with van der Waals surface area (Å²) >= 11 is 0. The second-order valence-electron chi connectivity index (χ2n) is 7.30. The number of nitriles is 1. The Kier molecular flexibility index (Phi) is 6.64. The lowest BCUT2D eigenvalue weighted by Crippen LogP contribution is -3.29. The van der Waals surface area contributed by atoms with E-state index in [2.05, 4.69) is 23.5 Å². The van der Waals surface area contributed by atoms with E-state index in [9.17, 15) is 10.1 Å². The molecule has 0 aliphatic carbocycles. The first-order valence-electron chi connectivity index (χ1n) is 9.71. The van der Waals surface area contributed by atoms with E-state index >= 15 is 0 Å². The number of carbonyl (C=O) groups is 1. The van der Waals surface area contributed by atoms with Crippen LogP contribution in [0.15, 0.2) is 48.5 Å². The van der Waals surface area contributed by atoms with Crippen molar-refractivity contribution in [2.75, 3.05) is 38.6 Å². The van der Waals surface area contributed by atoms with Crippen LogP contribution in [0.25, 0.3) is 0 Å².